The van der Waals surface area contributed by atoms with Crippen LogP contribution in [0.4, 0.5) is 0 Å². The van der Waals surface area contributed by atoms with Crippen LogP contribution in [0.25, 0.3) is 0 Å². The van der Waals surface area contributed by atoms with Gasteiger partial charge in [-0.1, -0.05) is 20.8 Å². The fraction of sp³-hybridized carbons (Fsp3) is 0.923. The summed E-state index contributed by atoms with van der Waals surface area (Å²) in [5.74, 6) is 1.23. The van der Waals surface area contributed by atoms with Gasteiger partial charge in [-0.3, -0.25) is 4.79 Å². The third-order valence-corrected chi connectivity index (χ3v) is 3.87. The standard InChI is InChI=1S/C13H26N2O/c1-4-11(5-2)13(16)15-7-6-10(3)8-12(15)9-14/h10-12H,4-9,14H2,1-3H3. The zero-order chi connectivity index (χ0) is 12.1. The van der Waals surface area contributed by atoms with Crippen molar-refractivity contribution >= 4 is 5.91 Å². The Morgan fingerprint density at radius 1 is 1.44 bits per heavy atom. The first-order chi connectivity index (χ1) is 7.63. The lowest BCUT2D eigenvalue weighted by atomic mass is 9.90. The van der Waals surface area contributed by atoms with Crippen LogP contribution < -0.4 is 5.73 Å². The molecule has 0 aromatic carbocycles. The van der Waals surface area contributed by atoms with Gasteiger partial charge < -0.3 is 10.6 Å². The maximum Gasteiger partial charge on any atom is 0.225 e. The van der Waals surface area contributed by atoms with E-state index in [4.69, 9.17) is 5.73 Å². The Kier molecular flexibility index (Phi) is 5.26. The van der Waals surface area contributed by atoms with Crippen LogP contribution in [0.2, 0.25) is 0 Å². The van der Waals surface area contributed by atoms with E-state index >= 15 is 0 Å². The normalized spacial score (nSPS) is 26.2. The van der Waals surface area contributed by atoms with Crippen molar-refractivity contribution < 1.29 is 4.79 Å². The molecule has 1 amide bonds. The molecule has 1 aliphatic rings. The molecule has 0 aromatic rings. The Morgan fingerprint density at radius 2 is 2.06 bits per heavy atom. The van der Waals surface area contributed by atoms with Crippen molar-refractivity contribution in [2.75, 3.05) is 13.1 Å². The van der Waals surface area contributed by atoms with Gasteiger partial charge in [-0.2, -0.15) is 0 Å². The van der Waals surface area contributed by atoms with Gasteiger partial charge in [0.25, 0.3) is 0 Å². The molecule has 2 unspecified atom stereocenters. The predicted octanol–water partition coefficient (Wildman–Crippen LogP) is 2.01. The first kappa shape index (κ1) is 13.5. The smallest absolute Gasteiger partial charge is 0.225 e. The van der Waals surface area contributed by atoms with Crippen molar-refractivity contribution in [1.29, 1.82) is 0 Å². The lowest BCUT2D eigenvalue weighted by Crippen LogP contribution is -2.51. The van der Waals surface area contributed by atoms with E-state index in [2.05, 4.69) is 20.8 Å². The Bertz CT molecular complexity index is 226. The molecule has 2 atom stereocenters. The van der Waals surface area contributed by atoms with Gasteiger partial charge >= 0.3 is 0 Å². The van der Waals surface area contributed by atoms with Crippen LogP contribution in [0.3, 0.4) is 0 Å². The topological polar surface area (TPSA) is 46.3 Å². The van der Waals surface area contributed by atoms with Crippen molar-refractivity contribution in [2.45, 2.75) is 52.5 Å². The van der Waals surface area contributed by atoms with Gasteiger partial charge in [-0.25, -0.2) is 0 Å². The molecule has 0 saturated carbocycles. The Hall–Kier alpha value is -0.570. The van der Waals surface area contributed by atoms with Gasteiger partial charge in [0.15, 0.2) is 0 Å². The van der Waals surface area contributed by atoms with Crippen LogP contribution in [0.15, 0.2) is 0 Å². The summed E-state index contributed by atoms with van der Waals surface area (Å²) in [5.41, 5.74) is 5.78. The highest BCUT2D eigenvalue weighted by molar-refractivity contribution is 5.79. The van der Waals surface area contributed by atoms with E-state index in [9.17, 15) is 4.79 Å². The van der Waals surface area contributed by atoms with E-state index in [0.717, 1.165) is 32.2 Å². The molecule has 1 aliphatic heterocycles. The van der Waals surface area contributed by atoms with Gasteiger partial charge in [0.05, 0.1) is 0 Å². The highest BCUT2D eigenvalue weighted by Gasteiger charge is 2.31. The van der Waals surface area contributed by atoms with Gasteiger partial charge in [-0.15, -0.1) is 0 Å². The number of likely N-dealkylation sites (tertiary alicyclic amines) is 1. The Balaban J connectivity index is 2.66. The van der Waals surface area contributed by atoms with Crippen molar-refractivity contribution in [3.8, 4) is 0 Å². The van der Waals surface area contributed by atoms with E-state index in [1.165, 1.54) is 0 Å². The molecule has 1 fully saturated rings. The summed E-state index contributed by atoms with van der Waals surface area (Å²) in [6.45, 7) is 7.95. The fourth-order valence-corrected chi connectivity index (χ4v) is 2.64. The number of hydrogen-bond donors (Lipinski definition) is 1. The van der Waals surface area contributed by atoms with Crippen molar-refractivity contribution in [3.63, 3.8) is 0 Å². The molecule has 3 nitrogen and oxygen atoms in total. The van der Waals surface area contributed by atoms with Crippen LogP contribution in [0.1, 0.15) is 46.5 Å². The molecule has 0 aromatic heterocycles. The van der Waals surface area contributed by atoms with E-state index in [-0.39, 0.29) is 12.0 Å². The lowest BCUT2D eigenvalue weighted by molar-refractivity contribution is -0.140. The first-order valence-corrected chi connectivity index (χ1v) is 6.64. The minimum atomic E-state index is 0.197. The second kappa shape index (κ2) is 6.24. The summed E-state index contributed by atoms with van der Waals surface area (Å²) in [5, 5.41) is 0. The molecule has 3 heteroatoms. The Labute approximate surface area is 99.4 Å². The number of piperidine rings is 1. The quantitative estimate of drug-likeness (QED) is 0.797. The van der Waals surface area contributed by atoms with Gasteiger partial charge in [-0.05, 0) is 31.6 Å². The van der Waals surface area contributed by atoms with Crippen molar-refractivity contribution in [2.24, 2.45) is 17.6 Å². The molecule has 1 rings (SSSR count). The second-order valence-electron chi connectivity index (χ2n) is 5.06. The maximum atomic E-state index is 12.3. The van der Waals surface area contributed by atoms with Crippen LogP contribution in [-0.4, -0.2) is 29.9 Å². The summed E-state index contributed by atoms with van der Waals surface area (Å²) in [6.07, 6.45) is 4.09. The van der Waals surface area contributed by atoms with Crippen LogP contribution in [-0.2, 0) is 4.79 Å². The molecule has 0 radical (unpaired) electrons. The molecule has 16 heavy (non-hydrogen) atoms. The van der Waals surface area contributed by atoms with Crippen molar-refractivity contribution in [3.05, 3.63) is 0 Å². The SMILES string of the molecule is CCC(CC)C(=O)N1CCC(C)CC1CN. The lowest BCUT2D eigenvalue weighted by Gasteiger charge is -2.39. The van der Waals surface area contributed by atoms with Gasteiger partial charge in [0.1, 0.15) is 0 Å². The molecular formula is C13H26N2O. The first-order valence-electron chi connectivity index (χ1n) is 6.64. The average molecular weight is 226 g/mol. The van der Waals surface area contributed by atoms with Crippen LogP contribution >= 0.6 is 0 Å². The number of nitrogens with zero attached hydrogens (tertiary/aromatic N) is 1. The number of carbonyl (C=O) groups excluding carboxylic acids is 1. The van der Waals surface area contributed by atoms with E-state index in [1.807, 2.05) is 4.90 Å². The third kappa shape index (κ3) is 2.97. The zero-order valence-corrected chi connectivity index (χ0v) is 10.9. The summed E-state index contributed by atoms with van der Waals surface area (Å²) in [4.78, 5) is 14.3. The minimum absolute atomic E-state index is 0.197. The summed E-state index contributed by atoms with van der Waals surface area (Å²) < 4.78 is 0. The summed E-state index contributed by atoms with van der Waals surface area (Å²) in [6, 6.07) is 0.275. The van der Waals surface area contributed by atoms with E-state index in [1.54, 1.807) is 0 Å². The van der Waals surface area contributed by atoms with Crippen LogP contribution in [0.5, 0.6) is 0 Å². The Morgan fingerprint density at radius 3 is 2.56 bits per heavy atom. The fourth-order valence-electron chi connectivity index (χ4n) is 2.64. The van der Waals surface area contributed by atoms with Gasteiger partial charge in [0.2, 0.25) is 5.91 Å². The summed E-state index contributed by atoms with van der Waals surface area (Å²) >= 11 is 0. The van der Waals surface area contributed by atoms with E-state index in [0.29, 0.717) is 18.4 Å². The van der Waals surface area contributed by atoms with E-state index < -0.39 is 0 Å². The zero-order valence-electron chi connectivity index (χ0n) is 10.9. The highest BCUT2D eigenvalue weighted by Crippen LogP contribution is 2.24. The molecule has 0 bridgehead atoms. The molecule has 2 N–H and O–H groups in total. The predicted molar refractivity (Wildman–Crippen MR) is 67.0 cm³/mol. The monoisotopic (exact) mass is 226 g/mol. The third-order valence-electron chi connectivity index (χ3n) is 3.87. The van der Waals surface area contributed by atoms with Gasteiger partial charge in [0, 0.05) is 25.0 Å². The number of rotatable bonds is 4. The maximum absolute atomic E-state index is 12.3. The largest absolute Gasteiger partial charge is 0.338 e. The minimum Gasteiger partial charge on any atom is -0.338 e. The molecule has 1 saturated heterocycles. The molecule has 94 valence electrons. The number of nitrogens with two attached hydrogens (primary N) is 1. The highest BCUT2D eigenvalue weighted by atomic mass is 16.2. The van der Waals surface area contributed by atoms with Crippen LogP contribution in [0, 0.1) is 11.8 Å². The summed E-state index contributed by atoms with van der Waals surface area (Å²) in [7, 11) is 0. The molecule has 1 heterocycles. The molecular weight excluding hydrogens is 200 g/mol. The average Bonchev–Trinajstić information content (AvgIpc) is 2.30. The number of carbonyl (C=O) groups is 1. The molecule has 0 spiro atoms. The second-order valence-corrected chi connectivity index (χ2v) is 5.06. The molecule has 0 aliphatic carbocycles. The number of hydrogen-bond acceptors (Lipinski definition) is 2. The number of amides is 1. The van der Waals surface area contributed by atoms with Crippen molar-refractivity contribution in [1.82, 2.24) is 4.90 Å².